The second-order valence-electron chi connectivity index (χ2n) is 8.54. The summed E-state index contributed by atoms with van der Waals surface area (Å²) in [7, 11) is 1.61. The number of Topliss-reactive ketones (excluding diaryl/α,β-unsaturated/α-hetero) is 1. The lowest BCUT2D eigenvalue weighted by Gasteiger charge is -2.27. The first-order valence-corrected chi connectivity index (χ1v) is 10.4. The highest BCUT2D eigenvalue weighted by Crippen LogP contribution is 2.53. The van der Waals surface area contributed by atoms with Crippen LogP contribution in [0.3, 0.4) is 0 Å². The zero-order chi connectivity index (χ0) is 19.3. The highest BCUT2D eigenvalue weighted by molar-refractivity contribution is 6.03. The quantitative estimate of drug-likeness (QED) is 0.788. The molecular weight excluding hydrogens is 358 g/mol. The Kier molecular flexibility index (Phi) is 4.63. The Morgan fingerprint density at radius 3 is 2.54 bits per heavy atom. The second kappa shape index (κ2) is 7.16. The summed E-state index contributed by atoms with van der Waals surface area (Å²) >= 11 is 0. The molecule has 4 atom stereocenters. The monoisotopic (exact) mass is 385 g/mol. The van der Waals surface area contributed by atoms with Crippen molar-refractivity contribution in [3.05, 3.63) is 28.8 Å². The average Bonchev–Trinajstić information content (AvgIpc) is 3.10. The number of rotatable bonds is 5. The van der Waals surface area contributed by atoms with Gasteiger partial charge >= 0.3 is 0 Å². The molecule has 2 unspecified atom stereocenters. The van der Waals surface area contributed by atoms with Crippen LogP contribution >= 0.6 is 0 Å². The number of amides is 1. The minimum absolute atomic E-state index is 0.130. The minimum atomic E-state index is -0.199. The van der Waals surface area contributed by atoms with Crippen LogP contribution < -0.4 is 10.1 Å². The van der Waals surface area contributed by atoms with Gasteiger partial charge in [0.2, 0.25) is 0 Å². The first-order valence-electron chi connectivity index (χ1n) is 10.4. The standard InChI is InChI=1S/C22H27NO5/c1-23-22(25)16-7-13(20(24)8-14-18-9-27-10-19(14)18)6-15-17(11-28-21(15)16)12-2-4-26-5-3-12/h6-7,12,14,17-19H,2-5,8-11H2,1H3,(H,23,25)/t14?,17?,18-,19+. The molecule has 0 aromatic heterocycles. The lowest BCUT2D eigenvalue weighted by atomic mass is 9.81. The smallest absolute Gasteiger partial charge is 0.254 e. The maximum Gasteiger partial charge on any atom is 0.254 e. The topological polar surface area (TPSA) is 73.9 Å². The summed E-state index contributed by atoms with van der Waals surface area (Å²) in [6.45, 7) is 3.69. The SMILES string of the molecule is CNC(=O)c1cc(C(=O)CC2[C@H]3COC[C@@H]23)cc2c1OCC2C1CCOCC1. The lowest BCUT2D eigenvalue weighted by Crippen LogP contribution is -2.23. The number of hydrogen-bond donors (Lipinski definition) is 1. The maximum absolute atomic E-state index is 13.0. The first-order chi connectivity index (χ1) is 13.7. The van der Waals surface area contributed by atoms with Crippen LogP contribution in [0.2, 0.25) is 0 Å². The van der Waals surface area contributed by atoms with Crippen molar-refractivity contribution >= 4 is 11.7 Å². The predicted molar refractivity (Wildman–Crippen MR) is 102 cm³/mol. The van der Waals surface area contributed by atoms with Crippen molar-refractivity contribution in [3.63, 3.8) is 0 Å². The van der Waals surface area contributed by atoms with E-state index in [2.05, 4.69) is 5.32 Å². The average molecular weight is 385 g/mol. The zero-order valence-corrected chi connectivity index (χ0v) is 16.2. The van der Waals surface area contributed by atoms with Crippen LogP contribution in [-0.2, 0) is 9.47 Å². The van der Waals surface area contributed by atoms with Gasteiger partial charge in [0.15, 0.2) is 5.78 Å². The van der Waals surface area contributed by atoms with Crippen LogP contribution in [0, 0.1) is 23.7 Å². The summed E-state index contributed by atoms with van der Waals surface area (Å²) in [4.78, 5) is 25.5. The molecule has 6 nitrogen and oxygen atoms in total. The second-order valence-corrected chi connectivity index (χ2v) is 8.54. The van der Waals surface area contributed by atoms with E-state index >= 15 is 0 Å². The number of carbonyl (C=O) groups excluding carboxylic acids is 2. The van der Waals surface area contributed by atoms with Gasteiger partial charge in [0.25, 0.3) is 5.91 Å². The van der Waals surface area contributed by atoms with Crippen molar-refractivity contribution in [2.45, 2.75) is 25.2 Å². The Hall–Kier alpha value is -1.92. The van der Waals surface area contributed by atoms with E-state index in [9.17, 15) is 9.59 Å². The van der Waals surface area contributed by atoms with E-state index in [1.54, 1.807) is 13.1 Å². The Morgan fingerprint density at radius 1 is 1.07 bits per heavy atom. The van der Waals surface area contributed by atoms with Gasteiger partial charge in [0, 0.05) is 43.7 Å². The van der Waals surface area contributed by atoms with E-state index in [0.717, 1.165) is 44.8 Å². The maximum atomic E-state index is 13.0. The predicted octanol–water partition coefficient (Wildman–Crippen LogP) is 2.41. The van der Waals surface area contributed by atoms with Gasteiger partial charge in [-0.3, -0.25) is 9.59 Å². The fourth-order valence-electron chi connectivity index (χ4n) is 5.32. The highest BCUT2D eigenvalue weighted by atomic mass is 16.5. The normalized spacial score (nSPS) is 31.0. The molecule has 1 saturated carbocycles. The third-order valence-electron chi connectivity index (χ3n) is 7.10. The molecule has 4 aliphatic rings. The van der Waals surface area contributed by atoms with Crippen LogP contribution in [-0.4, -0.2) is 51.8 Å². The molecule has 1 N–H and O–H groups in total. The van der Waals surface area contributed by atoms with Gasteiger partial charge in [-0.2, -0.15) is 0 Å². The van der Waals surface area contributed by atoms with Crippen LogP contribution in [0.5, 0.6) is 5.75 Å². The summed E-state index contributed by atoms with van der Waals surface area (Å²) < 4.78 is 16.9. The molecule has 5 rings (SSSR count). The van der Waals surface area contributed by atoms with Crippen molar-refractivity contribution in [1.29, 1.82) is 0 Å². The lowest BCUT2D eigenvalue weighted by molar-refractivity contribution is 0.0551. The molecule has 0 radical (unpaired) electrons. The fourth-order valence-corrected chi connectivity index (χ4v) is 5.32. The Balaban J connectivity index is 1.44. The number of hydrogen-bond acceptors (Lipinski definition) is 5. The summed E-state index contributed by atoms with van der Waals surface area (Å²) in [5.74, 6) is 2.83. The fraction of sp³-hybridized carbons (Fsp3) is 0.636. The van der Waals surface area contributed by atoms with E-state index in [4.69, 9.17) is 14.2 Å². The molecule has 1 aromatic carbocycles. The van der Waals surface area contributed by atoms with E-state index in [0.29, 0.717) is 53.6 Å². The minimum Gasteiger partial charge on any atom is -0.492 e. The van der Waals surface area contributed by atoms with E-state index in [-0.39, 0.29) is 17.6 Å². The molecule has 2 saturated heterocycles. The summed E-state index contributed by atoms with van der Waals surface area (Å²) in [5, 5.41) is 2.69. The molecule has 28 heavy (non-hydrogen) atoms. The van der Waals surface area contributed by atoms with Gasteiger partial charge in [0.1, 0.15) is 5.75 Å². The molecular formula is C22H27NO5. The molecule has 1 aromatic rings. The molecule has 0 bridgehead atoms. The van der Waals surface area contributed by atoms with Crippen molar-refractivity contribution in [2.24, 2.45) is 23.7 Å². The number of nitrogens with one attached hydrogen (secondary N) is 1. The van der Waals surface area contributed by atoms with E-state index < -0.39 is 0 Å². The molecule has 150 valence electrons. The summed E-state index contributed by atoms with van der Waals surface area (Å²) in [6.07, 6.45) is 2.53. The third kappa shape index (κ3) is 3.03. The summed E-state index contributed by atoms with van der Waals surface area (Å²) in [5.41, 5.74) is 2.15. The number of carbonyl (C=O) groups is 2. The number of benzene rings is 1. The molecule has 3 aliphatic heterocycles. The van der Waals surface area contributed by atoms with Gasteiger partial charge in [-0.15, -0.1) is 0 Å². The molecule has 1 aliphatic carbocycles. The Morgan fingerprint density at radius 2 is 1.82 bits per heavy atom. The molecule has 3 fully saturated rings. The largest absolute Gasteiger partial charge is 0.492 e. The molecule has 3 heterocycles. The first kappa shape index (κ1) is 18.1. The Bertz CT molecular complexity index is 790. The number of ether oxygens (including phenoxy) is 3. The van der Waals surface area contributed by atoms with E-state index in [1.165, 1.54) is 0 Å². The van der Waals surface area contributed by atoms with Gasteiger partial charge in [0.05, 0.1) is 25.4 Å². The zero-order valence-electron chi connectivity index (χ0n) is 16.2. The van der Waals surface area contributed by atoms with Crippen LogP contribution in [0.25, 0.3) is 0 Å². The van der Waals surface area contributed by atoms with Gasteiger partial charge in [-0.05, 0) is 48.6 Å². The van der Waals surface area contributed by atoms with Crippen LogP contribution in [0.1, 0.15) is 51.5 Å². The van der Waals surface area contributed by atoms with Crippen LogP contribution in [0.15, 0.2) is 12.1 Å². The van der Waals surface area contributed by atoms with Crippen molar-refractivity contribution < 1.29 is 23.8 Å². The Labute approximate surface area is 164 Å². The molecule has 6 heteroatoms. The van der Waals surface area contributed by atoms with Gasteiger partial charge in [-0.1, -0.05) is 0 Å². The van der Waals surface area contributed by atoms with Gasteiger partial charge in [-0.25, -0.2) is 0 Å². The van der Waals surface area contributed by atoms with Gasteiger partial charge < -0.3 is 19.5 Å². The van der Waals surface area contributed by atoms with Crippen molar-refractivity contribution in [1.82, 2.24) is 5.32 Å². The third-order valence-corrected chi connectivity index (χ3v) is 7.10. The van der Waals surface area contributed by atoms with E-state index in [1.807, 2.05) is 6.07 Å². The molecule has 1 amide bonds. The summed E-state index contributed by atoms with van der Waals surface area (Å²) in [6, 6.07) is 3.72. The number of fused-ring (bicyclic) bond motifs is 2. The van der Waals surface area contributed by atoms with Crippen LogP contribution in [0.4, 0.5) is 0 Å². The number of ketones is 1. The van der Waals surface area contributed by atoms with Crippen molar-refractivity contribution in [3.8, 4) is 5.75 Å². The molecule has 0 spiro atoms. The highest BCUT2D eigenvalue weighted by Gasteiger charge is 2.54. The van der Waals surface area contributed by atoms with Crippen molar-refractivity contribution in [2.75, 3.05) is 40.1 Å².